The summed E-state index contributed by atoms with van der Waals surface area (Å²) in [6, 6.07) is 8.03. The van der Waals surface area contributed by atoms with Gasteiger partial charge in [0.2, 0.25) is 5.91 Å². The van der Waals surface area contributed by atoms with Crippen LogP contribution >= 0.6 is 0 Å². The fourth-order valence-corrected chi connectivity index (χ4v) is 2.16. The first-order chi connectivity index (χ1) is 11.2. The normalized spacial score (nSPS) is 12.4. The van der Waals surface area contributed by atoms with E-state index in [0.717, 1.165) is 17.7 Å². The minimum Gasteiger partial charge on any atom is -0.379 e. The molecule has 24 heavy (non-hydrogen) atoms. The predicted octanol–water partition coefficient (Wildman–Crippen LogP) is 5.01. The smallest absolute Gasteiger partial charge is 0.224 e. The second-order valence-electron chi connectivity index (χ2n) is 7.52. The summed E-state index contributed by atoms with van der Waals surface area (Å²) in [6.07, 6.45) is 0.420. The molecule has 1 amide bonds. The monoisotopic (exact) mass is 337 g/mol. The fraction of sp³-hybridized carbons (Fsp3) is 0.667. The van der Waals surface area contributed by atoms with Crippen LogP contribution in [0.3, 0.4) is 0 Å². The van der Waals surface area contributed by atoms with Crippen LogP contribution in [0, 0.1) is 18.3 Å². The van der Waals surface area contributed by atoms with Crippen LogP contribution < -0.4 is 5.32 Å². The van der Waals surface area contributed by atoms with Gasteiger partial charge >= 0.3 is 0 Å². The maximum absolute atomic E-state index is 12.4. The van der Waals surface area contributed by atoms with Crippen molar-refractivity contribution in [2.45, 2.75) is 67.9 Å². The quantitative estimate of drug-likeness (QED) is 0.759. The molecule has 1 aromatic carbocycles. The van der Waals surface area contributed by atoms with Crippen molar-refractivity contribution in [1.82, 2.24) is 5.32 Å². The molecule has 1 rings (SSSR count). The maximum atomic E-state index is 12.4. The number of nitrogens with one attached hydrogen (secondary N) is 1. The van der Waals surface area contributed by atoms with Gasteiger partial charge in [-0.25, -0.2) is 0 Å². The molecule has 0 aromatic heterocycles. The van der Waals surface area contributed by atoms with Gasteiger partial charge in [0.25, 0.3) is 0 Å². The highest BCUT2D eigenvalue weighted by atomic mass is 16.5. The molecule has 140 valence electrons. The van der Waals surface area contributed by atoms with E-state index in [1.807, 2.05) is 45.0 Å². The van der Waals surface area contributed by atoms with Crippen molar-refractivity contribution >= 4 is 5.91 Å². The van der Waals surface area contributed by atoms with Crippen LogP contribution in [0.5, 0.6) is 0 Å². The second kappa shape index (κ2) is 11.2. The number of benzene rings is 1. The van der Waals surface area contributed by atoms with E-state index in [4.69, 9.17) is 4.74 Å². The lowest BCUT2D eigenvalue weighted by molar-refractivity contribution is -0.122. The Hall–Kier alpha value is -1.35. The molecule has 1 atom stereocenters. The van der Waals surface area contributed by atoms with Crippen molar-refractivity contribution in [1.29, 1.82) is 0 Å². The van der Waals surface area contributed by atoms with Gasteiger partial charge in [0.1, 0.15) is 0 Å². The summed E-state index contributed by atoms with van der Waals surface area (Å²) >= 11 is 0. The molecule has 0 saturated heterocycles. The molecule has 0 radical (unpaired) electrons. The Morgan fingerprint density at radius 2 is 1.75 bits per heavy atom. The Kier molecular flexibility index (Phi) is 10.6. The summed E-state index contributed by atoms with van der Waals surface area (Å²) in [5, 5.41) is 3.14. The van der Waals surface area contributed by atoms with Gasteiger partial charge in [-0.1, -0.05) is 72.7 Å². The van der Waals surface area contributed by atoms with Crippen LogP contribution in [0.4, 0.5) is 0 Å². The van der Waals surface area contributed by atoms with Gasteiger partial charge in [0.05, 0.1) is 19.1 Å². The number of carbonyl (C=O) groups is 1. The first-order valence-corrected chi connectivity index (χ1v) is 9.11. The second-order valence-corrected chi connectivity index (χ2v) is 7.52. The Balaban J connectivity index is 0. The van der Waals surface area contributed by atoms with Gasteiger partial charge in [0.15, 0.2) is 0 Å². The Labute approximate surface area is 150 Å². The van der Waals surface area contributed by atoms with E-state index in [1.165, 1.54) is 0 Å². The molecule has 0 saturated carbocycles. The molecule has 0 fully saturated rings. The standard InChI is InChI=1S/C19H31NO2.C2H6.H2/c1-14(2)12-22-13-17(19(4,5)6)20-18(21)11-16-10-8-7-9-15(16)3;1-2;/h7-10,14,17H,11-13H2,1-6H3,(H,20,21);1-2H3;1H. The highest BCUT2D eigenvalue weighted by Gasteiger charge is 2.26. The van der Waals surface area contributed by atoms with E-state index >= 15 is 0 Å². The molecular weight excluding hydrogens is 298 g/mol. The molecule has 1 unspecified atom stereocenters. The van der Waals surface area contributed by atoms with Crippen LogP contribution in [0.15, 0.2) is 24.3 Å². The summed E-state index contributed by atoms with van der Waals surface area (Å²) in [5.41, 5.74) is 2.20. The van der Waals surface area contributed by atoms with E-state index in [9.17, 15) is 4.79 Å². The van der Waals surface area contributed by atoms with E-state index in [-0.39, 0.29) is 18.8 Å². The molecule has 1 N–H and O–H groups in total. The number of aryl methyl sites for hydroxylation is 1. The maximum Gasteiger partial charge on any atom is 0.224 e. The number of ether oxygens (including phenoxy) is 1. The summed E-state index contributed by atoms with van der Waals surface area (Å²) in [4.78, 5) is 12.4. The minimum absolute atomic E-state index is 0. The highest BCUT2D eigenvalue weighted by Crippen LogP contribution is 2.20. The summed E-state index contributed by atoms with van der Waals surface area (Å²) in [7, 11) is 0. The van der Waals surface area contributed by atoms with Crippen molar-refractivity contribution in [2.75, 3.05) is 13.2 Å². The first kappa shape index (κ1) is 22.6. The van der Waals surface area contributed by atoms with Crippen molar-refractivity contribution in [3.63, 3.8) is 0 Å². The van der Waals surface area contributed by atoms with E-state index in [1.54, 1.807) is 0 Å². The third-order valence-corrected chi connectivity index (χ3v) is 3.73. The molecule has 0 aliphatic heterocycles. The fourth-order valence-electron chi connectivity index (χ4n) is 2.16. The minimum atomic E-state index is -0.0294. The molecule has 3 heteroatoms. The zero-order valence-electron chi connectivity index (χ0n) is 16.9. The highest BCUT2D eigenvalue weighted by molar-refractivity contribution is 5.79. The van der Waals surface area contributed by atoms with Gasteiger partial charge in [-0.2, -0.15) is 0 Å². The number of amides is 1. The van der Waals surface area contributed by atoms with Gasteiger partial charge < -0.3 is 10.1 Å². The first-order valence-electron chi connectivity index (χ1n) is 9.11. The van der Waals surface area contributed by atoms with Crippen molar-refractivity contribution < 1.29 is 11.0 Å². The summed E-state index contributed by atoms with van der Waals surface area (Å²) in [6.45, 7) is 18.0. The van der Waals surface area contributed by atoms with E-state index in [2.05, 4.69) is 39.9 Å². The van der Waals surface area contributed by atoms with E-state index < -0.39 is 0 Å². The molecule has 3 nitrogen and oxygen atoms in total. The largest absolute Gasteiger partial charge is 0.379 e. The van der Waals surface area contributed by atoms with Crippen molar-refractivity contribution in [2.24, 2.45) is 11.3 Å². The summed E-state index contributed by atoms with van der Waals surface area (Å²) in [5.74, 6) is 0.561. The van der Waals surface area contributed by atoms with Crippen LogP contribution in [0.1, 0.15) is 61.0 Å². The zero-order chi connectivity index (χ0) is 18.8. The Morgan fingerprint density at radius 3 is 2.25 bits per heavy atom. The molecule has 0 aliphatic rings. The number of hydrogen-bond donors (Lipinski definition) is 1. The third kappa shape index (κ3) is 9.07. The predicted molar refractivity (Wildman–Crippen MR) is 105 cm³/mol. The Bertz CT molecular complexity index is 481. The molecule has 0 aliphatic carbocycles. The van der Waals surface area contributed by atoms with Gasteiger partial charge in [-0.05, 0) is 29.4 Å². The number of rotatable bonds is 7. The third-order valence-electron chi connectivity index (χ3n) is 3.73. The van der Waals surface area contributed by atoms with Gasteiger partial charge in [-0.3, -0.25) is 4.79 Å². The number of hydrogen-bond acceptors (Lipinski definition) is 2. The average Bonchev–Trinajstić information content (AvgIpc) is 2.49. The van der Waals surface area contributed by atoms with Crippen LogP contribution in [0.25, 0.3) is 0 Å². The lowest BCUT2D eigenvalue weighted by atomic mass is 9.87. The van der Waals surface area contributed by atoms with E-state index in [0.29, 0.717) is 18.9 Å². The molecular formula is C21H39NO2. The molecule has 0 heterocycles. The van der Waals surface area contributed by atoms with Crippen molar-refractivity contribution in [3.8, 4) is 0 Å². The van der Waals surface area contributed by atoms with Crippen LogP contribution in [-0.2, 0) is 16.0 Å². The van der Waals surface area contributed by atoms with Gasteiger partial charge in [-0.15, -0.1) is 0 Å². The lowest BCUT2D eigenvalue weighted by Crippen LogP contribution is -2.47. The lowest BCUT2D eigenvalue weighted by Gasteiger charge is -2.31. The van der Waals surface area contributed by atoms with Gasteiger partial charge in [0, 0.05) is 8.03 Å². The molecule has 0 bridgehead atoms. The zero-order valence-corrected chi connectivity index (χ0v) is 16.9. The topological polar surface area (TPSA) is 38.3 Å². The molecule has 0 spiro atoms. The SMILES string of the molecule is CC.Cc1ccccc1CC(=O)NC(COCC(C)C)C(C)(C)C.[HH]. The van der Waals surface area contributed by atoms with Crippen molar-refractivity contribution in [3.05, 3.63) is 35.4 Å². The number of carbonyl (C=O) groups excluding carboxylic acids is 1. The molecule has 1 aromatic rings. The Morgan fingerprint density at radius 1 is 1.17 bits per heavy atom. The summed E-state index contributed by atoms with van der Waals surface area (Å²) < 4.78 is 5.74. The average molecular weight is 338 g/mol. The van der Waals surface area contributed by atoms with Crippen LogP contribution in [0.2, 0.25) is 0 Å². The van der Waals surface area contributed by atoms with Crippen LogP contribution in [-0.4, -0.2) is 25.2 Å².